The van der Waals surface area contributed by atoms with Crippen molar-refractivity contribution < 1.29 is 9.63 Å². The lowest BCUT2D eigenvalue weighted by atomic mass is 10.3. The maximum Gasteiger partial charge on any atom is 0.219 e. The van der Waals surface area contributed by atoms with Gasteiger partial charge < -0.3 is 4.84 Å². The molecule has 3 heteroatoms. The normalized spacial score (nSPS) is 12.9. The molecular formula is C8H16NO2. The van der Waals surface area contributed by atoms with Gasteiger partial charge in [-0.25, -0.2) is 0 Å². The first-order valence-electron chi connectivity index (χ1n) is 4.06. The van der Waals surface area contributed by atoms with Gasteiger partial charge in [0.2, 0.25) is 6.29 Å². The van der Waals surface area contributed by atoms with Crippen LogP contribution in [0.3, 0.4) is 0 Å². The summed E-state index contributed by atoms with van der Waals surface area (Å²) in [5.74, 6) is 0. The predicted molar refractivity (Wildman–Crippen MR) is 43.8 cm³/mol. The molecule has 1 atom stereocenters. The van der Waals surface area contributed by atoms with Crippen LogP contribution in [0.4, 0.5) is 0 Å². The second kappa shape index (κ2) is 7.69. The minimum atomic E-state index is -0.323. The van der Waals surface area contributed by atoms with Crippen LogP contribution in [0.1, 0.15) is 33.1 Å². The summed E-state index contributed by atoms with van der Waals surface area (Å²) >= 11 is 0. The zero-order chi connectivity index (χ0) is 8.53. The van der Waals surface area contributed by atoms with Gasteiger partial charge in [0.05, 0.1) is 12.6 Å². The molecule has 0 aliphatic carbocycles. The van der Waals surface area contributed by atoms with E-state index in [1.165, 1.54) is 12.8 Å². The number of rotatable bonds is 7. The summed E-state index contributed by atoms with van der Waals surface area (Å²) < 4.78 is 0. The molecule has 1 N–H and O–H groups in total. The van der Waals surface area contributed by atoms with Gasteiger partial charge in [-0.1, -0.05) is 19.8 Å². The highest BCUT2D eigenvalue weighted by Crippen LogP contribution is 1.92. The Morgan fingerprint density at radius 1 is 1.55 bits per heavy atom. The number of nitrogens with one attached hydrogen (secondary N) is 1. The molecule has 3 nitrogen and oxygen atoms in total. The summed E-state index contributed by atoms with van der Waals surface area (Å²) in [6, 6.07) is -0.323. The first kappa shape index (κ1) is 10.6. The maximum atomic E-state index is 9.96. The number of carbonyl (C=O) groups excluding carboxylic acids is 1. The van der Waals surface area contributed by atoms with Crippen molar-refractivity contribution in [1.29, 1.82) is 0 Å². The van der Waals surface area contributed by atoms with Gasteiger partial charge >= 0.3 is 0 Å². The van der Waals surface area contributed by atoms with Crippen molar-refractivity contribution in [2.75, 3.05) is 6.61 Å². The Kier molecular flexibility index (Phi) is 7.41. The van der Waals surface area contributed by atoms with Crippen molar-refractivity contribution in [1.82, 2.24) is 5.48 Å². The Bertz CT molecular complexity index is 96.1. The van der Waals surface area contributed by atoms with Crippen LogP contribution >= 0.6 is 0 Å². The van der Waals surface area contributed by atoms with Crippen molar-refractivity contribution in [3.05, 3.63) is 0 Å². The summed E-state index contributed by atoms with van der Waals surface area (Å²) in [6.45, 7) is 4.50. The molecule has 0 aromatic carbocycles. The molecule has 0 spiro atoms. The molecule has 0 aromatic rings. The van der Waals surface area contributed by atoms with E-state index in [1.54, 1.807) is 13.2 Å². The molecule has 0 bridgehead atoms. The van der Waals surface area contributed by atoms with E-state index in [1.807, 2.05) is 0 Å². The molecule has 0 aliphatic rings. The predicted octanol–water partition coefficient (Wildman–Crippen LogP) is 1.20. The topological polar surface area (TPSA) is 38.3 Å². The van der Waals surface area contributed by atoms with Crippen LogP contribution in [0, 0.1) is 0 Å². The molecule has 0 aromatic heterocycles. The molecule has 11 heavy (non-hydrogen) atoms. The van der Waals surface area contributed by atoms with Gasteiger partial charge in [-0.05, 0) is 13.3 Å². The van der Waals surface area contributed by atoms with E-state index in [9.17, 15) is 4.79 Å². The lowest BCUT2D eigenvalue weighted by molar-refractivity contribution is 0.0308. The van der Waals surface area contributed by atoms with E-state index in [4.69, 9.17) is 4.84 Å². The Hall–Kier alpha value is -0.410. The lowest BCUT2D eigenvalue weighted by Crippen LogP contribution is -2.27. The van der Waals surface area contributed by atoms with E-state index in [2.05, 4.69) is 12.4 Å². The molecular weight excluding hydrogens is 142 g/mol. The first-order chi connectivity index (χ1) is 5.31. The van der Waals surface area contributed by atoms with Gasteiger partial charge in [0.25, 0.3) is 0 Å². The minimum absolute atomic E-state index is 0.323. The SMILES string of the molecule is CCCCCON[C@@H](C)[C]=O. The Morgan fingerprint density at radius 3 is 2.82 bits per heavy atom. The fraction of sp³-hybridized carbons (Fsp3) is 0.875. The quantitative estimate of drug-likeness (QED) is 0.447. The highest BCUT2D eigenvalue weighted by molar-refractivity contribution is 5.57. The molecule has 0 rings (SSSR count). The van der Waals surface area contributed by atoms with Gasteiger partial charge in [0.1, 0.15) is 0 Å². The van der Waals surface area contributed by atoms with Crippen molar-refractivity contribution in [2.45, 2.75) is 39.2 Å². The zero-order valence-corrected chi connectivity index (χ0v) is 7.22. The summed E-state index contributed by atoms with van der Waals surface area (Å²) in [4.78, 5) is 14.9. The molecule has 0 heterocycles. The van der Waals surface area contributed by atoms with Crippen LogP contribution in [0.2, 0.25) is 0 Å². The summed E-state index contributed by atoms with van der Waals surface area (Å²) in [6.07, 6.45) is 5.15. The van der Waals surface area contributed by atoms with E-state index >= 15 is 0 Å². The van der Waals surface area contributed by atoms with Gasteiger partial charge in [0, 0.05) is 0 Å². The third-order valence-electron chi connectivity index (χ3n) is 1.29. The highest BCUT2D eigenvalue weighted by atomic mass is 16.6. The van der Waals surface area contributed by atoms with Crippen molar-refractivity contribution >= 4 is 6.29 Å². The summed E-state index contributed by atoms with van der Waals surface area (Å²) in [7, 11) is 0. The summed E-state index contributed by atoms with van der Waals surface area (Å²) in [5, 5.41) is 0. The molecule has 1 radical (unpaired) electrons. The number of unbranched alkanes of at least 4 members (excludes halogenated alkanes) is 2. The molecule has 0 fully saturated rings. The largest absolute Gasteiger partial charge is 0.301 e. The lowest BCUT2D eigenvalue weighted by Gasteiger charge is -2.05. The zero-order valence-electron chi connectivity index (χ0n) is 7.22. The molecule has 0 aliphatic heterocycles. The van der Waals surface area contributed by atoms with Crippen LogP contribution in [0.15, 0.2) is 0 Å². The maximum absolute atomic E-state index is 9.96. The molecule has 65 valence electrons. The number of hydrogen-bond donors (Lipinski definition) is 1. The first-order valence-corrected chi connectivity index (χ1v) is 4.06. The smallest absolute Gasteiger partial charge is 0.219 e. The van der Waals surface area contributed by atoms with Gasteiger partial charge in [-0.15, -0.1) is 0 Å². The number of hydroxylamine groups is 1. The minimum Gasteiger partial charge on any atom is -0.301 e. The van der Waals surface area contributed by atoms with Crippen LogP contribution in [-0.4, -0.2) is 18.9 Å². The molecule has 0 saturated carbocycles. The van der Waals surface area contributed by atoms with E-state index in [0.29, 0.717) is 6.61 Å². The molecule has 0 saturated heterocycles. The van der Waals surface area contributed by atoms with Crippen molar-refractivity contribution in [2.24, 2.45) is 0 Å². The Labute approximate surface area is 68.1 Å². The van der Waals surface area contributed by atoms with Gasteiger partial charge in [0.15, 0.2) is 0 Å². The van der Waals surface area contributed by atoms with Crippen LogP contribution in [0.5, 0.6) is 0 Å². The Morgan fingerprint density at radius 2 is 2.27 bits per heavy atom. The second-order valence-corrected chi connectivity index (χ2v) is 2.51. The fourth-order valence-corrected chi connectivity index (χ4v) is 0.632. The average Bonchev–Trinajstić information content (AvgIpc) is 2.04. The van der Waals surface area contributed by atoms with Crippen LogP contribution < -0.4 is 5.48 Å². The average molecular weight is 158 g/mol. The number of hydrogen-bond acceptors (Lipinski definition) is 3. The van der Waals surface area contributed by atoms with Gasteiger partial charge in [-0.2, -0.15) is 5.48 Å². The Balaban J connectivity index is 2.95. The monoisotopic (exact) mass is 158 g/mol. The fourth-order valence-electron chi connectivity index (χ4n) is 0.632. The van der Waals surface area contributed by atoms with Crippen molar-refractivity contribution in [3.8, 4) is 0 Å². The van der Waals surface area contributed by atoms with Crippen molar-refractivity contribution in [3.63, 3.8) is 0 Å². The second-order valence-electron chi connectivity index (χ2n) is 2.51. The third kappa shape index (κ3) is 7.49. The highest BCUT2D eigenvalue weighted by Gasteiger charge is 1.97. The standard InChI is InChI=1S/C8H16NO2/c1-3-4-5-6-11-9-8(2)7-10/h8-9H,3-6H2,1-2H3/t8-/m0/s1. The third-order valence-corrected chi connectivity index (χ3v) is 1.29. The molecule has 0 amide bonds. The van der Waals surface area contributed by atoms with Crippen LogP contribution in [-0.2, 0) is 9.63 Å². The van der Waals surface area contributed by atoms with E-state index in [-0.39, 0.29) is 6.04 Å². The van der Waals surface area contributed by atoms with E-state index < -0.39 is 0 Å². The summed E-state index contributed by atoms with van der Waals surface area (Å²) in [5.41, 5.74) is 2.57. The molecule has 0 unspecified atom stereocenters. The van der Waals surface area contributed by atoms with Gasteiger partial charge in [-0.3, -0.25) is 4.79 Å². The van der Waals surface area contributed by atoms with Crippen LogP contribution in [0.25, 0.3) is 0 Å². The van der Waals surface area contributed by atoms with E-state index in [0.717, 1.165) is 6.42 Å².